The molecule has 4 nitrogen and oxygen atoms in total. The van der Waals surface area contributed by atoms with E-state index in [2.05, 4.69) is 11.8 Å². The lowest BCUT2D eigenvalue weighted by molar-refractivity contribution is 0.350. The molecule has 5 heteroatoms. The molecule has 0 saturated heterocycles. The lowest BCUT2D eigenvalue weighted by Gasteiger charge is -2.23. The minimum atomic E-state index is -3.57. The fourth-order valence-electron chi connectivity index (χ4n) is 2.04. The van der Waals surface area contributed by atoms with Gasteiger partial charge < -0.3 is 5.11 Å². The van der Waals surface area contributed by atoms with Gasteiger partial charge in [-0.05, 0) is 30.5 Å². The third-order valence-electron chi connectivity index (χ3n) is 2.98. The van der Waals surface area contributed by atoms with E-state index in [-0.39, 0.29) is 17.4 Å². The van der Waals surface area contributed by atoms with Crippen molar-refractivity contribution in [2.45, 2.75) is 32.6 Å². The van der Waals surface area contributed by atoms with Gasteiger partial charge >= 0.3 is 0 Å². The quantitative estimate of drug-likeness (QED) is 0.847. The predicted octanol–water partition coefficient (Wildman–Crippen LogP) is 2.01. The van der Waals surface area contributed by atoms with Crippen molar-refractivity contribution in [1.82, 2.24) is 4.31 Å². The zero-order valence-corrected chi connectivity index (χ0v) is 13.9. The molecule has 1 aromatic rings. The van der Waals surface area contributed by atoms with Crippen molar-refractivity contribution in [3.8, 4) is 11.8 Å². The van der Waals surface area contributed by atoms with Crippen molar-refractivity contribution in [3.05, 3.63) is 29.3 Å². The van der Waals surface area contributed by atoms with E-state index in [1.807, 2.05) is 27.7 Å². The number of rotatable bonds is 5. The van der Waals surface area contributed by atoms with Gasteiger partial charge in [0.15, 0.2) is 0 Å². The molecule has 0 atom stereocenters. The first-order valence-corrected chi connectivity index (χ1v) is 8.47. The zero-order chi connectivity index (χ0) is 16.0. The van der Waals surface area contributed by atoms with E-state index in [1.54, 1.807) is 18.2 Å². The van der Waals surface area contributed by atoms with Crippen molar-refractivity contribution < 1.29 is 13.5 Å². The molecular weight excluding hydrogens is 286 g/mol. The topological polar surface area (TPSA) is 57.6 Å². The van der Waals surface area contributed by atoms with Crippen LogP contribution in [0.3, 0.4) is 0 Å². The normalized spacial score (nSPS) is 11.6. The molecule has 0 fully saturated rings. The second kappa shape index (κ2) is 7.60. The maximum atomic E-state index is 12.8. The first-order valence-electron chi connectivity index (χ1n) is 7.03. The van der Waals surface area contributed by atoms with E-state index in [0.717, 1.165) is 5.56 Å². The van der Waals surface area contributed by atoms with Crippen LogP contribution >= 0.6 is 0 Å². The Labute approximate surface area is 127 Å². The monoisotopic (exact) mass is 309 g/mol. The van der Waals surface area contributed by atoms with Crippen LogP contribution in [0.1, 0.15) is 31.9 Å². The van der Waals surface area contributed by atoms with E-state index < -0.39 is 10.0 Å². The summed E-state index contributed by atoms with van der Waals surface area (Å²) in [6.07, 6.45) is 0. The Hall–Kier alpha value is -1.35. The summed E-state index contributed by atoms with van der Waals surface area (Å²) in [7, 11) is -3.57. The minimum absolute atomic E-state index is 0.205. The van der Waals surface area contributed by atoms with Crippen LogP contribution in [-0.2, 0) is 10.0 Å². The van der Waals surface area contributed by atoms with E-state index in [0.29, 0.717) is 18.7 Å². The molecule has 0 aliphatic rings. The van der Waals surface area contributed by atoms with Gasteiger partial charge in [0.1, 0.15) is 6.61 Å². The van der Waals surface area contributed by atoms with Crippen molar-refractivity contribution in [3.63, 3.8) is 0 Å². The van der Waals surface area contributed by atoms with Gasteiger partial charge in [0, 0.05) is 18.7 Å². The number of nitrogens with zero attached hydrogens (tertiary/aromatic N) is 1. The Morgan fingerprint density at radius 1 is 1.33 bits per heavy atom. The standard InChI is InChI=1S/C16H23NO3S/c1-5-17(12-13(2)3)21(19,20)16-9-8-14(4)11-15(16)7-6-10-18/h8-9,11,13,18H,5,10,12H2,1-4H3. The predicted molar refractivity (Wildman–Crippen MR) is 84.4 cm³/mol. The summed E-state index contributed by atoms with van der Waals surface area (Å²) in [5.41, 5.74) is 1.37. The van der Waals surface area contributed by atoms with Gasteiger partial charge in [-0.25, -0.2) is 8.42 Å². The molecular formula is C16H23NO3S. The maximum Gasteiger partial charge on any atom is 0.244 e. The number of aryl methyl sites for hydroxylation is 1. The summed E-state index contributed by atoms with van der Waals surface area (Å²) in [5.74, 6) is 5.51. The van der Waals surface area contributed by atoms with Crippen molar-refractivity contribution in [1.29, 1.82) is 0 Å². The third-order valence-corrected chi connectivity index (χ3v) is 4.98. The lowest BCUT2D eigenvalue weighted by Crippen LogP contribution is -2.34. The van der Waals surface area contributed by atoms with E-state index in [1.165, 1.54) is 4.31 Å². The molecule has 0 aliphatic heterocycles. The van der Waals surface area contributed by atoms with Crippen LogP contribution in [0.5, 0.6) is 0 Å². The first kappa shape index (κ1) is 17.7. The molecule has 0 aromatic heterocycles. The Bertz CT molecular complexity index is 639. The second-order valence-electron chi connectivity index (χ2n) is 5.31. The summed E-state index contributed by atoms with van der Waals surface area (Å²) >= 11 is 0. The van der Waals surface area contributed by atoms with Crippen molar-refractivity contribution in [2.24, 2.45) is 5.92 Å². The number of hydrogen-bond acceptors (Lipinski definition) is 3. The van der Waals surface area contributed by atoms with Crippen LogP contribution in [-0.4, -0.2) is 37.5 Å². The Morgan fingerprint density at radius 2 is 2.00 bits per heavy atom. The molecule has 21 heavy (non-hydrogen) atoms. The molecule has 0 amide bonds. The van der Waals surface area contributed by atoms with Gasteiger partial charge in [-0.1, -0.05) is 38.7 Å². The highest BCUT2D eigenvalue weighted by atomic mass is 32.2. The van der Waals surface area contributed by atoms with Crippen LogP contribution in [0.4, 0.5) is 0 Å². The molecule has 1 aromatic carbocycles. The highest BCUT2D eigenvalue weighted by molar-refractivity contribution is 7.89. The van der Waals surface area contributed by atoms with E-state index in [9.17, 15) is 8.42 Å². The van der Waals surface area contributed by atoms with Gasteiger partial charge in [-0.2, -0.15) is 4.31 Å². The number of aliphatic hydroxyl groups is 1. The molecule has 0 spiro atoms. The molecule has 1 N–H and O–H groups in total. The summed E-state index contributed by atoms with van der Waals surface area (Å²) in [6, 6.07) is 5.09. The summed E-state index contributed by atoms with van der Waals surface area (Å²) < 4.78 is 27.0. The molecule has 116 valence electrons. The summed E-state index contributed by atoms with van der Waals surface area (Å²) in [6.45, 7) is 8.27. The average molecular weight is 309 g/mol. The van der Waals surface area contributed by atoms with Crippen LogP contribution in [0.25, 0.3) is 0 Å². The third kappa shape index (κ3) is 4.57. The highest BCUT2D eigenvalue weighted by Gasteiger charge is 2.26. The summed E-state index contributed by atoms with van der Waals surface area (Å²) in [4.78, 5) is 0.205. The number of hydrogen-bond donors (Lipinski definition) is 1. The lowest BCUT2D eigenvalue weighted by atomic mass is 10.1. The largest absolute Gasteiger partial charge is 0.384 e. The number of benzene rings is 1. The Kier molecular flexibility index (Phi) is 6.41. The smallest absolute Gasteiger partial charge is 0.244 e. The average Bonchev–Trinajstić information content (AvgIpc) is 2.41. The fourth-order valence-corrected chi connectivity index (χ4v) is 3.79. The number of aliphatic hydroxyl groups excluding tert-OH is 1. The van der Waals surface area contributed by atoms with Crippen LogP contribution in [0.15, 0.2) is 23.1 Å². The molecule has 1 rings (SSSR count). The van der Waals surface area contributed by atoms with Gasteiger partial charge in [-0.15, -0.1) is 0 Å². The molecule has 0 radical (unpaired) electrons. The van der Waals surface area contributed by atoms with Crippen molar-refractivity contribution >= 4 is 10.0 Å². The molecule has 0 saturated carbocycles. The van der Waals surface area contributed by atoms with Gasteiger partial charge in [0.2, 0.25) is 10.0 Å². The van der Waals surface area contributed by atoms with E-state index >= 15 is 0 Å². The fraction of sp³-hybridized carbons (Fsp3) is 0.500. The Morgan fingerprint density at radius 3 is 2.52 bits per heavy atom. The minimum Gasteiger partial charge on any atom is -0.384 e. The zero-order valence-electron chi connectivity index (χ0n) is 13.0. The molecule has 0 aliphatic carbocycles. The van der Waals surface area contributed by atoms with Crippen molar-refractivity contribution in [2.75, 3.05) is 19.7 Å². The molecule has 0 bridgehead atoms. The first-order chi connectivity index (χ1) is 9.82. The second-order valence-corrected chi connectivity index (χ2v) is 7.22. The van der Waals surface area contributed by atoms with Gasteiger partial charge in [0.25, 0.3) is 0 Å². The SMILES string of the molecule is CCN(CC(C)C)S(=O)(=O)c1ccc(C)cc1C#CCO. The number of sulfonamides is 1. The highest BCUT2D eigenvalue weighted by Crippen LogP contribution is 2.22. The van der Waals surface area contributed by atoms with Crippen LogP contribution < -0.4 is 0 Å². The molecule has 0 unspecified atom stereocenters. The van der Waals surface area contributed by atoms with E-state index in [4.69, 9.17) is 5.11 Å². The van der Waals surface area contributed by atoms with Crippen LogP contribution in [0, 0.1) is 24.7 Å². The maximum absolute atomic E-state index is 12.8. The van der Waals surface area contributed by atoms with Gasteiger partial charge in [-0.3, -0.25) is 0 Å². The summed E-state index contributed by atoms with van der Waals surface area (Å²) in [5, 5.41) is 8.83. The van der Waals surface area contributed by atoms with Gasteiger partial charge in [0.05, 0.1) is 4.90 Å². The Balaban J connectivity index is 3.36. The van der Waals surface area contributed by atoms with Crippen LogP contribution in [0.2, 0.25) is 0 Å². The molecule has 0 heterocycles.